The molecule has 1 atom stereocenters. The van der Waals surface area contributed by atoms with Crippen molar-refractivity contribution in [1.29, 1.82) is 0 Å². The van der Waals surface area contributed by atoms with Crippen molar-refractivity contribution in [3.05, 3.63) is 64.7 Å². The lowest BCUT2D eigenvalue weighted by Crippen LogP contribution is -2.50. The van der Waals surface area contributed by atoms with Gasteiger partial charge in [-0.25, -0.2) is 0 Å². The molecule has 0 saturated carbocycles. The smallest absolute Gasteiger partial charge is 0.261 e. The molecule has 2 heterocycles. The Bertz CT molecular complexity index is 900. The van der Waals surface area contributed by atoms with Crippen LogP contribution in [0.5, 0.6) is 0 Å². The van der Waals surface area contributed by atoms with Crippen molar-refractivity contribution < 1.29 is 14.7 Å². The summed E-state index contributed by atoms with van der Waals surface area (Å²) < 4.78 is 0. The van der Waals surface area contributed by atoms with Crippen LogP contribution in [0, 0.1) is 13.8 Å². The molecule has 6 nitrogen and oxygen atoms in total. The Morgan fingerprint density at radius 1 is 0.862 bits per heavy atom. The minimum Gasteiger partial charge on any atom is -0.390 e. The van der Waals surface area contributed by atoms with Crippen molar-refractivity contribution in [3.63, 3.8) is 0 Å². The third kappa shape index (κ3) is 3.91. The van der Waals surface area contributed by atoms with E-state index in [9.17, 15) is 14.7 Å². The zero-order valence-corrected chi connectivity index (χ0v) is 17.0. The first-order chi connectivity index (χ1) is 13.9. The van der Waals surface area contributed by atoms with E-state index in [4.69, 9.17) is 0 Å². The highest BCUT2D eigenvalue weighted by atomic mass is 16.3. The third-order valence-corrected chi connectivity index (χ3v) is 5.97. The van der Waals surface area contributed by atoms with E-state index in [1.54, 1.807) is 24.3 Å². The molecule has 4 rings (SSSR count). The topological polar surface area (TPSA) is 64.1 Å². The van der Waals surface area contributed by atoms with E-state index in [0.29, 0.717) is 17.7 Å². The first-order valence-corrected chi connectivity index (χ1v) is 10.1. The zero-order chi connectivity index (χ0) is 20.5. The van der Waals surface area contributed by atoms with Crippen molar-refractivity contribution in [1.82, 2.24) is 9.80 Å². The molecule has 152 valence electrons. The molecule has 0 aromatic heterocycles. The number of aliphatic hydroxyl groups is 1. The molecular formula is C23H27N3O3. The highest BCUT2D eigenvalue weighted by Crippen LogP contribution is 2.23. The molecule has 2 amide bonds. The Labute approximate surface area is 171 Å². The summed E-state index contributed by atoms with van der Waals surface area (Å²) in [6.07, 6.45) is -0.759. The quantitative estimate of drug-likeness (QED) is 0.788. The van der Waals surface area contributed by atoms with Crippen LogP contribution in [0.4, 0.5) is 5.69 Å². The van der Waals surface area contributed by atoms with Crippen molar-refractivity contribution in [2.24, 2.45) is 0 Å². The lowest BCUT2D eigenvalue weighted by molar-refractivity contribution is 0.0469. The van der Waals surface area contributed by atoms with Gasteiger partial charge in [0.05, 0.1) is 23.8 Å². The third-order valence-electron chi connectivity index (χ3n) is 5.97. The van der Waals surface area contributed by atoms with Gasteiger partial charge in [-0.1, -0.05) is 18.2 Å². The minimum atomic E-state index is -0.759. The number of piperazine rings is 1. The van der Waals surface area contributed by atoms with Gasteiger partial charge >= 0.3 is 0 Å². The van der Waals surface area contributed by atoms with Gasteiger partial charge in [0.1, 0.15) is 0 Å². The van der Waals surface area contributed by atoms with E-state index in [1.807, 2.05) is 0 Å². The van der Waals surface area contributed by atoms with Gasteiger partial charge in [0.15, 0.2) is 0 Å². The number of benzene rings is 2. The van der Waals surface area contributed by atoms with Crippen molar-refractivity contribution in [2.75, 3.05) is 44.2 Å². The highest BCUT2D eigenvalue weighted by molar-refractivity contribution is 6.21. The number of hydrogen-bond acceptors (Lipinski definition) is 5. The fourth-order valence-electron chi connectivity index (χ4n) is 4.08. The molecule has 0 radical (unpaired) electrons. The molecule has 2 aromatic rings. The maximum atomic E-state index is 12.5. The lowest BCUT2D eigenvalue weighted by atomic mass is 10.1. The lowest BCUT2D eigenvalue weighted by Gasteiger charge is -2.37. The summed E-state index contributed by atoms with van der Waals surface area (Å²) in [6, 6.07) is 13.4. The molecule has 29 heavy (non-hydrogen) atoms. The number of nitrogens with zero attached hydrogens (tertiary/aromatic N) is 3. The van der Waals surface area contributed by atoms with Gasteiger partial charge in [0.25, 0.3) is 11.8 Å². The molecular weight excluding hydrogens is 366 g/mol. The van der Waals surface area contributed by atoms with Crippen LogP contribution in [0.15, 0.2) is 42.5 Å². The molecule has 2 aliphatic rings. The number of imide groups is 1. The molecule has 1 unspecified atom stereocenters. The van der Waals surface area contributed by atoms with Gasteiger partial charge in [-0.15, -0.1) is 0 Å². The normalized spacial score (nSPS) is 18.3. The Hall–Kier alpha value is -2.70. The fourth-order valence-corrected chi connectivity index (χ4v) is 4.08. The van der Waals surface area contributed by atoms with Gasteiger partial charge in [-0.05, 0) is 49.2 Å². The van der Waals surface area contributed by atoms with Crippen LogP contribution in [0.1, 0.15) is 31.8 Å². The van der Waals surface area contributed by atoms with Crippen molar-refractivity contribution in [3.8, 4) is 0 Å². The van der Waals surface area contributed by atoms with Crippen LogP contribution < -0.4 is 4.90 Å². The molecule has 6 heteroatoms. The van der Waals surface area contributed by atoms with E-state index in [1.165, 1.54) is 21.7 Å². The van der Waals surface area contributed by atoms with Crippen LogP contribution in [-0.4, -0.2) is 72.1 Å². The van der Waals surface area contributed by atoms with Crippen LogP contribution in [0.25, 0.3) is 0 Å². The van der Waals surface area contributed by atoms with Crippen molar-refractivity contribution >= 4 is 17.5 Å². The average molecular weight is 393 g/mol. The van der Waals surface area contributed by atoms with Gasteiger partial charge in [-0.3, -0.25) is 19.4 Å². The van der Waals surface area contributed by atoms with E-state index in [2.05, 4.69) is 41.8 Å². The number of fused-ring (bicyclic) bond motifs is 1. The monoisotopic (exact) mass is 393 g/mol. The van der Waals surface area contributed by atoms with E-state index in [-0.39, 0.29) is 18.4 Å². The number of carbonyl (C=O) groups excluding carboxylic acids is 2. The second-order valence-corrected chi connectivity index (χ2v) is 7.98. The number of amides is 2. The number of aryl methyl sites for hydroxylation is 2. The summed E-state index contributed by atoms with van der Waals surface area (Å²) in [5.41, 5.74) is 4.67. The molecule has 1 N–H and O–H groups in total. The number of carbonyl (C=O) groups is 2. The number of β-amino-alcohol motifs (C(OH)–C–C–N with tert-alkyl or cyclic N) is 1. The summed E-state index contributed by atoms with van der Waals surface area (Å²) >= 11 is 0. The second-order valence-electron chi connectivity index (χ2n) is 7.98. The average Bonchev–Trinajstić information content (AvgIpc) is 2.96. The van der Waals surface area contributed by atoms with Crippen LogP contribution in [0.3, 0.4) is 0 Å². The summed E-state index contributed by atoms with van der Waals surface area (Å²) in [6.45, 7) is 8.19. The largest absolute Gasteiger partial charge is 0.390 e. The standard InChI is InChI=1S/C23H27N3O3/c1-16-7-8-18(13-17(16)2)25-11-9-24(10-12-25)14-19(27)15-26-22(28)20-5-3-4-6-21(20)23(26)29/h3-8,13,19,27H,9-12,14-15H2,1-2H3. The predicted molar refractivity (Wildman–Crippen MR) is 112 cm³/mol. The number of rotatable bonds is 5. The maximum absolute atomic E-state index is 12.5. The predicted octanol–water partition coefficient (Wildman–Crippen LogP) is 2.08. The Morgan fingerprint density at radius 2 is 1.48 bits per heavy atom. The maximum Gasteiger partial charge on any atom is 0.261 e. The van der Waals surface area contributed by atoms with Gasteiger partial charge in [0.2, 0.25) is 0 Å². The fraction of sp³-hybridized carbons (Fsp3) is 0.391. The summed E-state index contributed by atoms with van der Waals surface area (Å²) in [5.74, 6) is -0.631. The molecule has 1 fully saturated rings. The van der Waals surface area contributed by atoms with Crippen LogP contribution >= 0.6 is 0 Å². The SMILES string of the molecule is Cc1ccc(N2CCN(CC(O)CN3C(=O)c4ccccc4C3=O)CC2)cc1C. The minimum absolute atomic E-state index is 0.0315. The molecule has 0 spiro atoms. The van der Waals surface area contributed by atoms with E-state index < -0.39 is 6.10 Å². The van der Waals surface area contributed by atoms with Gasteiger partial charge in [0, 0.05) is 38.4 Å². The summed E-state index contributed by atoms with van der Waals surface area (Å²) in [4.78, 5) is 30.6. The number of anilines is 1. The molecule has 2 aromatic carbocycles. The molecule has 0 aliphatic carbocycles. The molecule has 1 saturated heterocycles. The number of aliphatic hydroxyl groups excluding tert-OH is 1. The first kappa shape index (κ1) is 19.6. The summed E-state index contributed by atoms with van der Waals surface area (Å²) in [5, 5.41) is 10.5. The Morgan fingerprint density at radius 3 is 2.07 bits per heavy atom. The highest BCUT2D eigenvalue weighted by Gasteiger charge is 2.36. The zero-order valence-electron chi connectivity index (χ0n) is 17.0. The number of hydrogen-bond donors (Lipinski definition) is 1. The van der Waals surface area contributed by atoms with E-state index in [0.717, 1.165) is 26.2 Å². The Kier molecular flexibility index (Phi) is 5.39. The van der Waals surface area contributed by atoms with Crippen molar-refractivity contribution in [2.45, 2.75) is 20.0 Å². The first-order valence-electron chi connectivity index (χ1n) is 10.1. The molecule has 0 bridgehead atoms. The van der Waals surface area contributed by atoms with Crippen LogP contribution in [0.2, 0.25) is 0 Å². The van der Waals surface area contributed by atoms with Gasteiger partial charge < -0.3 is 10.0 Å². The Balaban J connectivity index is 1.30. The molecule has 2 aliphatic heterocycles. The van der Waals surface area contributed by atoms with Crippen LogP contribution in [-0.2, 0) is 0 Å². The van der Waals surface area contributed by atoms with Gasteiger partial charge in [-0.2, -0.15) is 0 Å². The summed E-state index contributed by atoms with van der Waals surface area (Å²) in [7, 11) is 0. The second kappa shape index (κ2) is 7.97. The van der Waals surface area contributed by atoms with E-state index >= 15 is 0 Å².